The Labute approximate surface area is 75.2 Å². The van der Waals surface area contributed by atoms with Crippen molar-refractivity contribution >= 4 is 11.4 Å². The zero-order valence-corrected chi connectivity index (χ0v) is 7.19. The van der Waals surface area contributed by atoms with Gasteiger partial charge in [-0.05, 0) is 18.2 Å². The van der Waals surface area contributed by atoms with Crippen molar-refractivity contribution in [2.75, 3.05) is 7.05 Å². The molecule has 4 nitrogen and oxygen atoms in total. The summed E-state index contributed by atoms with van der Waals surface area (Å²) in [6, 6.07) is 5.58. The fourth-order valence-electron chi connectivity index (χ4n) is 1.19. The molecule has 0 aromatic carbocycles. The van der Waals surface area contributed by atoms with Gasteiger partial charge in [-0.1, -0.05) is 0 Å². The molecule has 0 aliphatic heterocycles. The fourth-order valence-corrected chi connectivity index (χ4v) is 1.19. The van der Waals surface area contributed by atoms with E-state index in [1.807, 2.05) is 22.7 Å². The highest BCUT2D eigenvalue weighted by molar-refractivity contribution is 5.92. The van der Waals surface area contributed by atoms with Crippen LogP contribution in [-0.2, 0) is 0 Å². The SMILES string of the molecule is CNC(=O)c1cc2cccn2cn1. The average Bonchev–Trinajstić information content (AvgIpc) is 2.63. The molecule has 0 radical (unpaired) electrons. The van der Waals surface area contributed by atoms with Crippen molar-refractivity contribution in [3.05, 3.63) is 36.4 Å². The van der Waals surface area contributed by atoms with Crippen molar-refractivity contribution in [3.8, 4) is 0 Å². The predicted molar refractivity (Wildman–Crippen MR) is 48.6 cm³/mol. The zero-order chi connectivity index (χ0) is 9.26. The third kappa shape index (κ3) is 1.26. The van der Waals surface area contributed by atoms with Crippen molar-refractivity contribution in [3.63, 3.8) is 0 Å². The Kier molecular flexibility index (Phi) is 1.73. The number of aromatic nitrogens is 2. The van der Waals surface area contributed by atoms with E-state index in [4.69, 9.17) is 0 Å². The van der Waals surface area contributed by atoms with Gasteiger partial charge in [-0.3, -0.25) is 4.79 Å². The summed E-state index contributed by atoms with van der Waals surface area (Å²) in [5.74, 6) is -0.163. The smallest absolute Gasteiger partial charge is 0.269 e. The summed E-state index contributed by atoms with van der Waals surface area (Å²) in [5.41, 5.74) is 1.40. The van der Waals surface area contributed by atoms with E-state index in [0.29, 0.717) is 5.69 Å². The lowest BCUT2D eigenvalue weighted by molar-refractivity contribution is 0.0958. The van der Waals surface area contributed by atoms with Crippen LogP contribution in [0, 0.1) is 0 Å². The quantitative estimate of drug-likeness (QED) is 0.693. The molecule has 4 heteroatoms. The van der Waals surface area contributed by atoms with Crippen molar-refractivity contribution in [2.24, 2.45) is 0 Å². The Bertz CT molecular complexity index is 447. The molecule has 0 aliphatic rings. The van der Waals surface area contributed by atoms with Crippen molar-refractivity contribution < 1.29 is 4.79 Å². The molecule has 0 aliphatic carbocycles. The van der Waals surface area contributed by atoms with Crippen molar-refractivity contribution in [1.82, 2.24) is 14.7 Å². The minimum absolute atomic E-state index is 0.163. The Morgan fingerprint density at radius 1 is 1.62 bits per heavy atom. The van der Waals surface area contributed by atoms with Crippen molar-refractivity contribution in [2.45, 2.75) is 0 Å². The van der Waals surface area contributed by atoms with Crippen LogP contribution in [0.3, 0.4) is 0 Å². The normalized spacial score (nSPS) is 10.2. The van der Waals surface area contributed by atoms with E-state index in [1.54, 1.807) is 19.4 Å². The second kappa shape index (κ2) is 2.90. The van der Waals surface area contributed by atoms with Gasteiger partial charge in [0.05, 0.1) is 6.33 Å². The second-order valence-electron chi connectivity index (χ2n) is 2.69. The maximum absolute atomic E-state index is 11.2. The highest BCUT2D eigenvalue weighted by Gasteiger charge is 2.04. The largest absolute Gasteiger partial charge is 0.354 e. The highest BCUT2D eigenvalue weighted by Crippen LogP contribution is 2.04. The van der Waals surface area contributed by atoms with E-state index in [0.717, 1.165) is 5.52 Å². The number of amides is 1. The highest BCUT2D eigenvalue weighted by atomic mass is 16.1. The van der Waals surface area contributed by atoms with E-state index in [2.05, 4.69) is 10.3 Å². The van der Waals surface area contributed by atoms with Crippen LogP contribution < -0.4 is 5.32 Å². The molecule has 2 aromatic heterocycles. The fraction of sp³-hybridized carbons (Fsp3) is 0.111. The summed E-state index contributed by atoms with van der Waals surface area (Å²) < 4.78 is 1.85. The molecule has 0 unspecified atom stereocenters. The van der Waals surface area contributed by atoms with E-state index in [9.17, 15) is 4.79 Å². The van der Waals surface area contributed by atoms with Crippen LogP contribution in [0.2, 0.25) is 0 Å². The summed E-state index contributed by atoms with van der Waals surface area (Å²) in [4.78, 5) is 15.2. The van der Waals surface area contributed by atoms with Crippen LogP contribution in [0.15, 0.2) is 30.7 Å². The lowest BCUT2D eigenvalue weighted by Crippen LogP contribution is -2.19. The number of fused-ring (bicyclic) bond motifs is 1. The number of carbonyl (C=O) groups excluding carboxylic acids is 1. The molecule has 1 N–H and O–H groups in total. The molecule has 66 valence electrons. The lowest BCUT2D eigenvalue weighted by Gasteiger charge is -1.99. The maximum Gasteiger partial charge on any atom is 0.269 e. The van der Waals surface area contributed by atoms with Gasteiger partial charge in [0, 0.05) is 18.8 Å². The lowest BCUT2D eigenvalue weighted by atomic mass is 10.3. The predicted octanol–water partition coefficient (Wildman–Crippen LogP) is 0.694. The Morgan fingerprint density at radius 2 is 2.46 bits per heavy atom. The first-order valence-corrected chi connectivity index (χ1v) is 3.96. The van der Waals surface area contributed by atoms with Crippen LogP contribution >= 0.6 is 0 Å². The summed E-state index contributed by atoms with van der Waals surface area (Å²) in [7, 11) is 1.59. The molecule has 0 fully saturated rings. The molecule has 0 atom stereocenters. The van der Waals surface area contributed by atoms with Gasteiger partial charge in [0.25, 0.3) is 5.91 Å². The number of hydrogen-bond donors (Lipinski definition) is 1. The first kappa shape index (κ1) is 7.79. The third-order valence-corrected chi connectivity index (χ3v) is 1.88. The number of carbonyl (C=O) groups is 1. The topological polar surface area (TPSA) is 46.4 Å². The number of nitrogens with zero attached hydrogens (tertiary/aromatic N) is 2. The molecule has 13 heavy (non-hydrogen) atoms. The van der Waals surface area contributed by atoms with Gasteiger partial charge in [-0.15, -0.1) is 0 Å². The van der Waals surface area contributed by atoms with E-state index >= 15 is 0 Å². The number of hydrogen-bond acceptors (Lipinski definition) is 2. The van der Waals surface area contributed by atoms with Gasteiger partial charge in [0.1, 0.15) is 5.69 Å². The minimum Gasteiger partial charge on any atom is -0.354 e. The summed E-state index contributed by atoms with van der Waals surface area (Å²) in [5, 5.41) is 2.53. The molecule has 0 saturated heterocycles. The van der Waals surface area contributed by atoms with E-state index < -0.39 is 0 Å². The standard InChI is InChI=1S/C9H9N3O/c1-10-9(13)8-5-7-3-2-4-12(7)6-11-8/h2-6H,1H3,(H,10,13). The van der Waals surface area contributed by atoms with Crippen LogP contribution in [0.25, 0.3) is 5.52 Å². The molecular formula is C9H9N3O. The van der Waals surface area contributed by atoms with Crippen molar-refractivity contribution in [1.29, 1.82) is 0 Å². The third-order valence-electron chi connectivity index (χ3n) is 1.88. The van der Waals surface area contributed by atoms with Gasteiger partial charge in [-0.25, -0.2) is 4.98 Å². The molecular weight excluding hydrogens is 166 g/mol. The second-order valence-corrected chi connectivity index (χ2v) is 2.69. The summed E-state index contributed by atoms with van der Waals surface area (Å²) >= 11 is 0. The molecule has 1 amide bonds. The molecule has 0 bridgehead atoms. The Balaban J connectivity index is 2.54. The maximum atomic E-state index is 11.2. The molecule has 0 spiro atoms. The molecule has 2 heterocycles. The van der Waals surface area contributed by atoms with Gasteiger partial charge in [-0.2, -0.15) is 0 Å². The Hall–Kier alpha value is -1.84. The Morgan fingerprint density at radius 3 is 3.23 bits per heavy atom. The summed E-state index contributed by atoms with van der Waals surface area (Å²) in [6.07, 6.45) is 3.51. The molecule has 0 saturated carbocycles. The molecule has 2 aromatic rings. The molecule has 2 rings (SSSR count). The number of nitrogens with one attached hydrogen (secondary N) is 1. The van der Waals surface area contributed by atoms with E-state index in [1.165, 1.54) is 0 Å². The van der Waals surface area contributed by atoms with Crippen LogP contribution in [-0.4, -0.2) is 22.3 Å². The average molecular weight is 175 g/mol. The van der Waals surface area contributed by atoms with Crippen LogP contribution in [0.1, 0.15) is 10.5 Å². The summed E-state index contributed by atoms with van der Waals surface area (Å²) in [6.45, 7) is 0. The van der Waals surface area contributed by atoms with Gasteiger partial charge >= 0.3 is 0 Å². The zero-order valence-electron chi connectivity index (χ0n) is 7.19. The van der Waals surface area contributed by atoms with Gasteiger partial charge < -0.3 is 9.72 Å². The van der Waals surface area contributed by atoms with Gasteiger partial charge in [0.15, 0.2) is 0 Å². The first-order valence-electron chi connectivity index (χ1n) is 3.96. The monoisotopic (exact) mass is 175 g/mol. The first-order chi connectivity index (χ1) is 6.31. The van der Waals surface area contributed by atoms with Gasteiger partial charge in [0.2, 0.25) is 0 Å². The number of rotatable bonds is 1. The van der Waals surface area contributed by atoms with Crippen LogP contribution in [0.5, 0.6) is 0 Å². The minimum atomic E-state index is -0.163. The van der Waals surface area contributed by atoms with E-state index in [-0.39, 0.29) is 5.91 Å². The van der Waals surface area contributed by atoms with Crippen LogP contribution in [0.4, 0.5) is 0 Å².